The molecule has 0 radical (unpaired) electrons. The smallest absolute Gasteiger partial charge is 0.301 e. The van der Waals surface area contributed by atoms with Crippen molar-refractivity contribution >= 4 is 55.7 Å². The molecule has 36 heavy (non-hydrogen) atoms. The molecule has 3 aromatic carbocycles. The summed E-state index contributed by atoms with van der Waals surface area (Å²) in [6.07, 6.45) is 0.676. The van der Waals surface area contributed by atoms with Crippen LogP contribution in [0.4, 0.5) is 9.52 Å². The van der Waals surface area contributed by atoms with E-state index in [4.69, 9.17) is 16.3 Å². The summed E-state index contributed by atoms with van der Waals surface area (Å²) in [5, 5.41) is 12.2. The highest BCUT2D eigenvalue weighted by Crippen LogP contribution is 2.45. The zero-order valence-electron chi connectivity index (χ0n) is 18.9. The Morgan fingerprint density at radius 1 is 1.14 bits per heavy atom. The summed E-state index contributed by atoms with van der Waals surface area (Å²) in [7, 11) is 0. The fourth-order valence-corrected chi connectivity index (χ4v) is 5.97. The van der Waals surface area contributed by atoms with Crippen LogP contribution in [0.5, 0.6) is 5.75 Å². The van der Waals surface area contributed by atoms with Crippen molar-refractivity contribution in [2.24, 2.45) is 0 Å². The van der Waals surface area contributed by atoms with Crippen molar-refractivity contribution in [1.82, 2.24) is 4.98 Å². The average Bonchev–Trinajstić information content (AvgIpc) is 3.51. The van der Waals surface area contributed by atoms with Crippen LogP contribution in [0.25, 0.3) is 16.0 Å². The second-order valence-electron chi connectivity index (χ2n) is 8.78. The van der Waals surface area contributed by atoms with Crippen LogP contribution in [0.15, 0.2) is 66.2 Å². The number of Topliss-reactive ketones (excluding diaryl/α,β-unsaturated/α-hetero) is 1. The molecule has 1 amide bonds. The monoisotopic (exact) mass is 520 g/mol. The second-order valence-corrected chi connectivity index (χ2v) is 10.2. The number of carbonyl (C=O) groups excluding carboxylic acids is 2. The summed E-state index contributed by atoms with van der Waals surface area (Å²) in [4.78, 5) is 32.5. The number of anilines is 1. The van der Waals surface area contributed by atoms with Crippen molar-refractivity contribution < 1.29 is 23.8 Å². The van der Waals surface area contributed by atoms with Crippen LogP contribution in [0.3, 0.4) is 0 Å². The van der Waals surface area contributed by atoms with Crippen molar-refractivity contribution in [2.75, 3.05) is 4.90 Å². The van der Waals surface area contributed by atoms with Gasteiger partial charge in [0.25, 0.3) is 5.78 Å². The third kappa shape index (κ3) is 3.65. The highest BCUT2D eigenvalue weighted by Gasteiger charge is 2.48. The fourth-order valence-electron chi connectivity index (χ4n) is 4.70. The van der Waals surface area contributed by atoms with E-state index in [1.165, 1.54) is 40.5 Å². The summed E-state index contributed by atoms with van der Waals surface area (Å²) in [6.45, 7) is 1.95. The normalized spacial score (nSPS) is 20.7. The van der Waals surface area contributed by atoms with E-state index in [-0.39, 0.29) is 22.6 Å². The number of ketones is 1. The number of ether oxygens (including phenoxy) is 1. The van der Waals surface area contributed by atoms with Gasteiger partial charge in [-0.2, -0.15) is 0 Å². The SMILES string of the molecule is C[C@@H]1Cc2cc(/C(O)=C3\C(=O)C(=O)N(c4nc5ccc(Cl)cc5s4)[C@@H]3c3ccc(F)cc3)ccc2O1. The number of amides is 1. The molecule has 1 aromatic heterocycles. The first-order valence-electron chi connectivity index (χ1n) is 11.2. The Morgan fingerprint density at radius 2 is 1.92 bits per heavy atom. The maximum atomic E-state index is 13.8. The number of aliphatic hydroxyl groups is 1. The van der Waals surface area contributed by atoms with E-state index in [1.54, 1.807) is 36.4 Å². The quantitative estimate of drug-likeness (QED) is 0.202. The van der Waals surface area contributed by atoms with Crippen LogP contribution in [-0.4, -0.2) is 27.9 Å². The van der Waals surface area contributed by atoms with E-state index in [9.17, 15) is 19.1 Å². The molecule has 4 aromatic rings. The van der Waals surface area contributed by atoms with E-state index >= 15 is 0 Å². The molecule has 0 aliphatic carbocycles. The lowest BCUT2D eigenvalue weighted by Crippen LogP contribution is -2.29. The molecule has 0 saturated carbocycles. The number of rotatable bonds is 3. The first-order valence-corrected chi connectivity index (χ1v) is 12.4. The largest absolute Gasteiger partial charge is 0.507 e. The molecule has 2 atom stereocenters. The predicted octanol–water partition coefficient (Wildman–Crippen LogP) is 6.04. The lowest BCUT2D eigenvalue weighted by molar-refractivity contribution is -0.132. The van der Waals surface area contributed by atoms with Gasteiger partial charge >= 0.3 is 5.91 Å². The summed E-state index contributed by atoms with van der Waals surface area (Å²) in [6, 6.07) is 14.8. The maximum absolute atomic E-state index is 13.8. The van der Waals surface area contributed by atoms with Gasteiger partial charge in [0.1, 0.15) is 23.4 Å². The van der Waals surface area contributed by atoms with E-state index < -0.39 is 23.5 Å². The Bertz CT molecular complexity index is 1600. The number of halogens is 2. The number of aromatic nitrogens is 1. The first kappa shape index (κ1) is 22.7. The van der Waals surface area contributed by atoms with Gasteiger partial charge in [0.15, 0.2) is 5.13 Å². The third-order valence-corrected chi connectivity index (χ3v) is 7.60. The molecule has 180 valence electrons. The van der Waals surface area contributed by atoms with Gasteiger partial charge in [-0.3, -0.25) is 14.5 Å². The van der Waals surface area contributed by atoms with E-state index in [0.717, 1.165) is 16.0 Å². The molecule has 3 heterocycles. The molecule has 0 bridgehead atoms. The summed E-state index contributed by atoms with van der Waals surface area (Å²) in [5.74, 6) is -1.71. The molecule has 2 aliphatic heterocycles. The standard InChI is InChI=1S/C27H18ClFN2O4S/c1-13-10-16-11-15(4-9-20(16)35-13)24(32)22-23(14-2-6-18(29)7-3-14)31(26(34)25(22)33)27-30-19-8-5-17(28)12-21(19)36-27/h2-9,11-13,23,32H,10H2,1H3/b24-22+/t13-,23-/m1/s1. The van der Waals surface area contributed by atoms with Crippen LogP contribution in [0.1, 0.15) is 29.7 Å². The third-order valence-electron chi connectivity index (χ3n) is 6.34. The number of nitrogens with zero attached hydrogens (tertiary/aromatic N) is 2. The van der Waals surface area contributed by atoms with Gasteiger partial charge in [-0.25, -0.2) is 9.37 Å². The Balaban J connectivity index is 1.53. The van der Waals surface area contributed by atoms with Crippen LogP contribution < -0.4 is 9.64 Å². The van der Waals surface area contributed by atoms with Crippen LogP contribution in [0.2, 0.25) is 5.02 Å². The van der Waals surface area contributed by atoms with Gasteiger partial charge < -0.3 is 9.84 Å². The molecule has 6 nitrogen and oxygen atoms in total. The van der Waals surface area contributed by atoms with Crippen LogP contribution >= 0.6 is 22.9 Å². The van der Waals surface area contributed by atoms with Gasteiger partial charge in [0.2, 0.25) is 0 Å². The van der Waals surface area contributed by atoms with Gasteiger partial charge in [-0.05, 0) is 66.6 Å². The Hall–Kier alpha value is -3.75. The zero-order valence-corrected chi connectivity index (χ0v) is 20.4. The van der Waals surface area contributed by atoms with Gasteiger partial charge in [-0.15, -0.1) is 0 Å². The zero-order chi connectivity index (χ0) is 25.1. The van der Waals surface area contributed by atoms with Crippen LogP contribution in [0, 0.1) is 5.82 Å². The maximum Gasteiger partial charge on any atom is 0.301 e. The number of carbonyl (C=O) groups is 2. The Labute approximate surface area is 214 Å². The topological polar surface area (TPSA) is 79.7 Å². The number of benzene rings is 3. The summed E-state index contributed by atoms with van der Waals surface area (Å²) >= 11 is 7.32. The fraction of sp³-hybridized carbons (Fsp3) is 0.148. The minimum atomic E-state index is -0.995. The highest BCUT2D eigenvalue weighted by molar-refractivity contribution is 7.22. The summed E-state index contributed by atoms with van der Waals surface area (Å²) in [5.41, 5.74) is 2.30. The molecule has 1 N–H and O–H groups in total. The Morgan fingerprint density at radius 3 is 2.69 bits per heavy atom. The number of hydrogen-bond acceptors (Lipinski definition) is 6. The van der Waals surface area contributed by atoms with Crippen LogP contribution in [-0.2, 0) is 16.0 Å². The van der Waals surface area contributed by atoms with Crippen molar-refractivity contribution in [2.45, 2.75) is 25.5 Å². The molecular weight excluding hydrogens is 503 g/mol. The minimum absolute atomic E-state index is 0.00901. The lowest BCUT2D eigenvalue weighted by atomic mass is 9.94. The molecular formula is C27H18ClFN2O4S. The Kier molecular flexibility index (Phi) is 5.31. The number of fused-ring (bicyclic) bond motifs is 2. The molecule has 6 rings (SSSR count). The molecule has 9 heteroatoms. The molecule has 1 saturated heterocycles. The minimum Gasteiger partial charge on any atom is -0.507 e. The number of aliphatic hydroxyl groups excluding tert-OH is 1. The molecule has 2 aliphatic rings. The number of hydrogen-bond donors (Lipinski definition) is 1. The van der Waals surface area contributed by atoms with Crippen molar-refractivity contribution in [3.8, 4) is 5.75 Å². The van der Waals surface area contributed by atoms with Crippen molar-refractivity contribution in [3.63, 3.8) is 0 Å². The first-order chi connectivity index (χ1) is 17.3. The van der Waals surface area contributed by atoms with Gasteiger partial charge in [0, 0.05) is 17.0 Å². The molecule has 1 fully saturated rings. The lowest BCUT2D eigenvalue weighted by Gasteiger charge is -2.23. The van der Waals surface area contributed by atoms with Crippen molar-refractivity contribution in [3.05, 3.63) is 93.8 Å². The van der Waals surface area contributed by atoms with E-state index in [1.807, 2.05) is 6.92 Å². The van der Waals surface area contributed by atoms with Crippen molar-refractivity contribution in [1.29, 1.82) is 0 Å². The molecule has 0 unspecified atom stereocenters. The molecule has 0 spiro atoms. The predicted molar refractivity (Wildman–Crippen MR) is 136 cm³/mol. The second kappa shape index (κ2) is 8.43. The summed E-state index contributed by atoms with van der Waals surface area (Å²) < 4.78 is 20.2. The van der Waals surface area contributed by atoms with Gasteiger partial charge in [0.05, 0.1) is 21.8 Å². The number of thiazole rings is 1. The average molecular weight is 521 g/mol. The van der Waals surface area contributed by atoms with E-state index in [0.29, 0.717) is 28.1 Å². The van der Waals surface area contributed by atoms with E-state index in [2.05, 4.69) is 4.98 Å². The highest BCUT2D eigenvalue weighted by atomic mass is 35.5. The van der Waals surface area contributed by atoms with Gasteiger partial charge in [-0.1, -0.05) is 35.1 Å².